The summed E-state index contributed by atoms with van der Waals surface area (Å²) in [6.07, 6.45) is 0.250. The molecule has 0 spiro atoms. The predicted octanol–water partition coefficient (Wildman–Crippen LogP) is 2.10. The zero-order chi connectivity index (χ0) is 13.8. The van der Waals surface area contributed by atoms with E-state index in [2.05, 4.69) is 4.18 Å². The molecule has 0 saturated carbocycles. The van der Waals surface area contributed by atoms with Crippen LogP contribution in [0.2, 0.25) is 0 Å². The number of para-hydroxylation sites is 1. The van der Waals surface area contributed by atoms with Crippen molar-refractivity contribution in [3.63, 3.8) is 0 Å². The number of alkyl halides is 3. The van der Waals surface area contributed by atoms with E-state index in [4.69, 9.17) is 4.74 Å². The summed E-state index contributed by atoms with van der Waals surface area (Å²) in [7, 11) is -4.21. The van der Waals surface area contributed by atoms with Crippen molar-refractivity contribution in [1.29, 1.82) is 0 Å². The Morgan fingerprint density at radius 2 is 1.83 bits per heavy atom. The Balaban J connectivity index is 2.98. The van der Waals surface area contributed by atoms with Crippen molar-refractivity contribution in [2.75, 3.05) is 13.7 Å². The predicted molar refractivity (Wildman–Crippen MR) is 57.6 cm³/mol. The topological polar surface area (TPSA) is 52.6 Å². The molecular weight excluding hydrogens is 273 g/mol. The van der Waals surface area contributed by atoms with Crippen LogP contribution in [0.25, 0.3) is 0 Å². The summed E-state index contributed by atoms with van der Waals surface area (Å²) in [5, 5.41) is 0. The lowest BCUT2D eigenvalue weighted by molar-refractivity contribution is -0.0500. The Morgan fingerprint density at radius 1 is 1.22 bits per heavy atom. The summed E-state index contributed by atoms with van der Waals surface area (Å²) in [5.41, 5.74) is -5.12. The van der Waals surface area contributed by atoms with E-state index in [0.29, 0.717) is 5.56 Å². The van der Waals surface area contributed by atoms with Crippen molar-refractivity contribution >= 4 is 10.1 Å². The quantitative estimate of drug-likeness (QED) is 0.614. The Labute approximate surface area is 102 Å². The van der Waals surface area contributed by atoms with Gasteiger partial charge in [-0.3, -0.25) is 0 Å². The number of hydrogen-bond donors (Lipinski definition) is 0. The summed E-state index contributed by atoms with van der Waals surface area (Å²) in [4.78, 5) is 0. The van der Waals surface area contributed by atoms with Gasteiger partial charge in [-0.2, -0.15) is 21.6 Å². The van der Waals surface area contributed by atoms with Gasteiger partial charge >= 0.3 is 15.6 Å². The minimum Gasteiger partial charge on any atom is -0.384 e. The molecule has 0 atom stereocenters. The molecule has 0 N–H and O–H groups in total. The highest BCUT2D eigenvalue weighted by atomic mass is 32.2. The fourth-order valence-electron chi connectivity index (χ4n) is 1.17. The molecule has 0 heterocycles. The van der Waals surface area contributed by atoms with Crippen LogP contribution in [0.1, 0.15) is 5.56 Å². The zero-order valence-electron chi connectivity index (χ0n) is 9.40. The molecule has 8 heteroatoms. The number of hydrogen-bond acceptors (Lipinski definition) is 4. The first kappa shape index (κ1) is 14.8. The van der Waals surface area contributed by atoms with Gasteiger partial charge in [0.1, 0.15) is 5.75 Å². The Bertz CT molecular complexity index is 496. The fourth-order valence-corrected chi connectivity index (χ4v) is 1.66. The molecule has 1 aromatic carbocycles. The Kier molecular flexibility index (Phi) is 4.58. The Morgan fingerprint density at radius 3 is 2.39 bits per heavy atom. The lowest BCUT2D eigenvalue weighted by atomic mass is 10.1. The standard InChI is InChI=1S/C10H11F3O4S/c1-16-7-6-8-4-2-3-5-9(8)17-18(14,15)10(11,12)13/h2-5H,6-7H2,1H3. The highest BCUT2D eigenvalue weighted by Gasteiger charge is 2.48. The van der Waals surface area contributed by atoms with E-state index in [0.717, 1.165) is 6.07 Å². The van der Waals surface area contributed by atoms with E-state index in [9.17, 15) is 21.6 Å². The molecule has 102 valence electrons. The van der Waals surface area contributed by atoms with Gasteiger partial charge in [0.15, 0.2) is 0 Å². The van der Waals surface area contributed by atoms with Crippen LogP contribution in [0.3, 0.4) is 0 Å². The third kappa shape index (κ3) is 3.61. The smallest absolute Gasteiger partial charge is 0.384 e. The fraction of sp³-hybridized carbons (Fsp3) is 0.400. The van der Waals surface area contributed by atoms with Gasteiger partial charge in [-0.05, 0) is 18.1 Å². The molecule has 0 aliphatic carbocycles. The summed E-state index contributed by atoms with van der Waals surface area (Å²) in [5.74, 6) is -0.341. The average molecular weight is 284 g/mol. The first-order chi connectivity index (χ1) is 8.28. The number of methoxy groups -OCH3 is 1. The second-order valence-corrected chi connectivity index (χ2v) is 4.87. The van der Waals surface area contributed by atoms with Crippen LogP contribution in [0.15, 0.2) is 24.3 Å². The van der Waals surface area contributed by atoms with Crippen molar-refractivity contribution in [3.8, 4) is 5.75 Å². The van der Waals surface area contributed by atoms with Gasteiger partial charge < -0.3 is 8.92 Å². The number of benzene rings is 1. The van der Waals surface area contributed by atoms with Crippen LogP contribution in [0.4, 0.5) is 13.2 Å². The van der Waals surface area contributed by atoms with Gasteiger partial charge in [0.25, 0.3) is 0 Å². The second kappa shape index (κ2) is 5.57. The minimum atomic E-state index is -5.64. The molecule has 0 unspecified atom stereocenters. The van der Waals surface area contributed by atoms with Gasteiger partial charge in [0.05, 0.1) is 6.61 Å². The summed E-state index contributed by atoms with van der Waals surface area (Å²) < 4.78 is 67.1. The van der Waals surface area contributed by atoms with Crippen LogP contribution >= 0.6 is 0 Å². The van der Waals surface area contributed by atoms with Gasteiger partial charge in [-0.25, -0.2) is 0 Å². The second-order valence-electron chi connectivity index (χ2n) is 3.33. The third-order valence-electron chi connectivity index (χ3n) is 2.03. The third-order valence-corrected chi connectivity index (χ3v) is 3.00. The first-order valence-corrected chi connectivity index (χ1v) is 6.26. The summed E-state index contributed by atoms with van der Waals surface area (Å²) in [6.45, 7) is 0.242. The highest BCUT2D eigenvalue weighted by Crippen LogP contribution is 2.28. The van der Waals surface area contributed by atoms with Gasteiger partial charge in [0.2, 0.25) is 0 Å². The molecule has 1 rings (SSSR count). The maximum Gasteiger partial charge on any atom is 0.534 e. The summed E-state index contributed by atoms with van der Waals surface area (Å²) in [6, 6.07) is 5.59. The highest BCUT2D eigenvalue weighted by molar-refractivity contribution is 7.88. The van der Waals surface area contributed by atoms with Crippen LogP contribution in [-0.4, -0.2) is 27.6 Å². The van der Waals surface area contributed by atoms with Gasteiger partial charge in [-0.15, -0.1) is 0 Å². The van der Waals surface area contributed by atoms with E-state index < -0.39 is 15.6 Å². The van der Waals surface area contributed by atoms with Crippen LogP contribution < -0.4 is 4.18 Å². The normalized spacial score (nSPS) is 12.4. The average Bonchev–Trinajstić information content (AvgIpc) is 2.26. The lowest BCUT2D eigenvalue weighted by Gasteiger charge is -2.12. The molecule has 0 aromatic heterocycles. The van der Waals surface area contributed by atoms with Crippen molar-refractivity contribution < 1.29 is 30.5 Å². The largest absolute Gasteiger partial charge is 0.534 e. The molecule has 0 amide bonds. The maximum atomic E-state index is 12.2. The molecule has 18 heavy (non-hydrogen) atoms. The molecule has 0 aliphatic heterocycles. The van der Waals surface area contributed by atoms with Crippen molar-refractivity contribution in [3.05, 3.63) is 29.8 Å². The molecule has 4 nitrogen and oxygen atoms in total. The molecule has 0 radical (unpaired) electrons. The molecular formula is C10H11F3O4S. The number of ether oxygens (including phenoxy) is 1. The minimum absolute atomic E-state index is 0.242. The molecule has 0 saturated heterocycles. The first-order valence-electron chi connectivity index (χ1n) is 4.85. The van der Waals surface area contributed by atoms with E-state index in [1.807, 2.05) is 0 Å². The van der Waals surface area contributed by atoms with Crippen LogP contribution in [-0.2, 0) is 21.3 Å². The SMILES string of the molecule is COCCc1ccccc1OS(=O)(=O)C(F)(F)F. The molecule has 0 fully saturated rings. The van der Waals surface area contributed by atoms with Crippen molar-refractivity contribution in [2.24, 2.45) is 0 Å². The van der Waals surface area contributed by atoms with Crippen LogP contribution in [0, 0.1) is 0 Å². The molecule has 1 aromatic rings. The van der Waals surface area contributed by atoms with Gasteiger partial charge in [-0.1, -0.05) is 18.2 Å². The van der Waals surface area contributed by atoms with Gasteiger partial charge in [0, 0.05) is 7.11 Å². The van der Waals surface area contributed by atoms with E-state index in [1.165, 1.54) is 19.2 Å². The van der Waals surface area contributed by atoms with Crippen molar-refractivity contribution in [1.82, 2.24) is 0 Å². The molecule has 0 bridgehead atoms. The molecule has 0 aliphatic rings. The number of halogens is 3. The maximum absolute atomic E-state index is 12.2. The monoisotopic (exact) mass is 284 g/mol. The Hall–Kier alpha value is -1.28. The van der Waals surface area contributed by atoms with Crippen LogP contribution in [0.5, 0.6) is 5.75 Å². The zero-order valence-corrected chi connectivity index (χ0v) is 10.2. The summed E-state index contributed by atoms with van der Waals surface area (Å²) >= 11 is 0. The van der Waals surface area contributed by atoms with E-state index >= 15 is 0 Å². The lowest BCUT2D eigenvalue weighted by Crippen LogP contribution is -2.28. The van der Waals surface area contributed by atoms with E-state index in [1.54, 1.807) is 6.07 Å². The van der Waals surface area contributed by atoms with Crippen molar-refractivity contribution in [2.45, 2.75) is 11.9 Å². The number of rotatable bonds is 5. The van der Waals surface area contributed by atoms with E-state index in [-0.39, 0.29) is 18.8 Å².